The average molecular weight is 1010 g/mol. The lowest BCUT2D eigenvalue weighted by molar-refractivity contribution is -0.139. The summed E-state index contributed by atoms with van der Waals surface area (Å²) in [6.45, 7) is 21.7. The van der Waals surface area contributed by atoms with Crippen LogP contribution in [0, 0.1) is 0 Å². The second-order valence-corrected chi connectivity index (χ2v) is 23.0. The predicted octanol–water partition coefficient (Wildman–Crippen LogP) is 21.2. The third-order valence-electron chi connectivity index (χ3n) is 16.0. The summed E-state index contributed by atoms with van der Waals surface area (Å²) in [6.07, 6.45) is 57.5. The fourth-order valence-corrected chi connectivity index (χ4v) is 10.9. The van der Waals surface area contributed by atoms with E-state index < -0.39 is 11.9 Å². The molecule has 4 unspecified atom stereocenters. The van der Waals surface area contributed by atoms with Crippen molar-refractivity contribution in [1.29, 1.82) is 0 Å². The minimum atomic E-state index is -0.870. The van der Waals surface area contributed by atoms with Gasteiger partial charge in [0.1, 0.15) is 0 Å². The molecule has 0 fully saturated rings. The van der Waals surface area contributed by atoms with Gasteiger partial charge in [0, 0.05) is 50.1 Å². The van der Waals surface area contributed by atoms with Crippen molar-refractivity contribution in [2.24, 2.45) is 0 Å². The summed E-state index contributed by atoms with van der Waals surface area (Å²) in [5.74, 6) is -1.74. The summed E-state index contributed by atoms with van der Waals surface area (Å²) in [6, 6.07) is 12.6. The Morgan fingerprint density at radius 2 is 0.500 bits per heavy atom. The molecule has 4 atom stereocenters. The minimum absolute atomic E-state index is 0.0628. The highest BCUT2D eigenvalue weighted by Gasteiger charge is 2.22. The Hall–Kier alpha value is -1.92. The lowest BCUT2D eigenvalue weighted by atomic mass is 9.99. The van der Waals surface area contributed by atoms with E-state index in [4.69, 9.17) is 10.2 Å². The number of aliphatic carboxylic acids is 2. The maximum Gasteiger partial charge on any atom is 0.303 e. The van der Waals surface area contributed by atoms with Gasteiger partial charge in [0.2, 0.25) is 0 Å². The molecule has 1 aromatic carbocycles. The molecule has 424 valence electrons. The zero-order valence-electron chi connectivity index (χ0n) is 49.8. The molecule has 0 saturated heterocycles. The van der Waals surface area contributed by atoms with Gasteiger partial charge in [-0.3, -0.25) is 19.4 Å². The average Bonchev–Trinajstić information content (AvgIpc) is 3.36. The van der Waals surface area contributed by atoms with E-state index >= 15 is 0 Å². The van der Waals surface area contributed by atoms with Gasteiger partial charge in [-0.25, -0.2) is 0 Å². The van der Waals surface area contributed by atoms with E-state index in [0.717, 1.165) is 13.1 Å². The first-order chi connectivity index (χ1) is 35.0. The van der Waals surface area contributed by atoms with Crippen LogP contribution in [0.5, 0.6) is 0 Å². The lowest BCUT2D eigenvalue weighted by Crippen LogP contribution is -2.40. The van der Waals surface area contributed by atoms with Crippen LogP contribution in [-0.4, -0.2) is 56.1 Å². The van der Waals surface area contributed by atoms with Gasteiger partial charge in [-0.2, -0.15) is 0 Å². The van der Waals surface area contributed by atoms with E-state index in [-0.39, 0.29) is 12.8 Å². The van der Waals surface area contributed by atoms with Crippen LogP contribution in [0.3, 0.4) is 0 Å². The molecule has 0 bridgehead atoms. The Balaban J connectivity index is 0.00000451. The molecule has 0 aliphatic heterocycles. The number of unbranched alkanes of at least 4 members (excludes halogenated alkanes) is 33. The van der Waals surface area contributed by atoms with Gasteiger partial charge >= 0.3 is 11.9 Å². The van der Waals surface area contributed by atoms with E-state index in [1.807, 2.05) is 0 Å². The zero-order chi connectivity index (χ0) is 53.1. The molecule has 0 amide bonds. The number of rotatable bonds is 53. The van der Waals surface area contributed by atoms with Crippen molar-refractivity contribution in [3.05, 3.63) is 35.4 Å². The molecule has 0 aromatic heterocycles. The second-order valence-electron chi connectivity index (χ2n) is 23.0. The molecule has 1 aromatic rings. The van der Waals surface area contributed by atoms with Gasteiger partial charge in [0.15, 0.2) is 0 Å². The van der Waals surface area contributed by atoms with Gasteiger partial charge in [-0.05, 0) is 77.3 Å². The van der Waals surface area contributed by atoms with Crippen LogP contribution in [0.4, 0.5) is 0 Å². The number of carboxylic acids is 2. The number of carboxylic acid groups (broad SMARTS) is 2. The van der Waals surface area contributed by atoms with Crippen molar-refractivity contribution in [3.8, 4) is 0 Å². The summed E-state index contributed by atoms with van der Waals surface area (Å²) >= 11 is 0. The summed E-state index contributed by atoms with van der Waals surface area (Å²) < 4.78 is 0. The third kappa shape index (κ3) is 44.4. The molecular weight excluding hydrogens is 885 g/mol. The number of hydrogen-bond donors (Lipinski definition) is 2. The first-order valence-corrected chi connectivity index (χ1v) is 32.0. The number of hydrogen-bond acceptors (Lipinski definition) is 4. The van der Waals surface area contributed by atoms with E-state index in [0.29, 0.717) is 37.0 Å². The Bertz CT molecular complexity index is 1130. The first kappa shape index (κ1) is 70.1. The van der Waals surface area contributed by atoms with Crippen molar-refractivity contribution in [2.45, 2.75) is 375 Å². The standard InChI is InChI=1S/C60H116N2.C6H10O4/c1-9-13-17-21-25-29-33-37-41-45-55(5)61(56(6)46-42-38-34-30-26-22-18-14-10-2)53-59-49-51-60(52-50-59)54-62(57(7)47-43-39-35-31-27-23-19-15-11-3)58(8)48-44-40-36-32-28-24-20-16-12-4;7-5(8)3-1-2-4-6(9)10/h49-52,55-58H,9-48,53-54H2,1-8H3;1-4H2,(H,7,8)(H,9,10). The molecule has 6 heteroatoms. The van der Waals surface area contributed by atoms with Crippen molar-refractivity contribution in [3.63, 3.8) is 0 Å². The van der Waals surface area contributed by atoms with Gasteiger partial charge < -0.3 is 10.2 Å². The van der Waals surface area contributed by atoms with Crippen LogP contribution in [0.15, 0.2) is 24.3 Å². The smallest absolute Gasteiger partial charge is 0.303 e. The Kier molecular flexibility index (Phi) is 51.1. The summed E-state index contributed by atoms with van der Waals surface area (Å²) in [5, 5.41) is 16.3. The zero-order valence-corrected chi connectivity index (χ0v) is 49.8. The minimum Gasteiger partial charge on any atom is -0.481 e. The molecule has 0 saturated carbocycles. The Labute approximate surface area is 450 Å². The predicted molar refractivity (Wildman–Crippen MR) is 316 cm³/mol. The van der Waals surface area contributed by atoms with Crippen molar-refractivity contribution >= 4 is 11.9 Å². The molecule has 6 nitrogen and oxygen atoms in total. The number of benzene rings is 1. The summed E-state index contributed by atoms with van der Waals surface area (Å²) in [5.41, 5.74) is 3.03. The summed E-state index contributed by atoms with van der Waals surface area (Å²) in [4.78, 5) is 25.6. The topological polar surface area (TPSA) is 81.1 Å². The highest BCUT2D eigenvalue weighted by atomic mass is 16.4. The largest absolute Gasteiger partial charge is 0.481 e. The van der Waals surface area contributed by atoms with Crippen LogP contribution in [0.2, 0.25) is 0 Å². The molecule has 0 radical (unpaired) electrons. The van der Waals surface area contributed by atoms with E-state index in [9.17, 15) is 9.59 Å². The van der Waals surface area contributed by atoms with Gasteiger partial charge in [0.25, 0.3) is 0 Å². The SMILES string of the molecule is CCCCCCCCCCCC(C)N(Cc1ccc(CN(C(C)CCCCCCCCCCC)C(C)CCCCCCCCCCC)cc1)C(C)CCCCCCCCCCC.O=C(O)CCCCC(=O)O. The highest BCUT2D eigenvalue weighted by Crippen LogP contribution is 2.25. The van der Waals surface area contributed by atoms with Crippen LogP contribution in [0.1, 0.15) is 349 Å². The number of carbonyl (C=O) groups is 2. The van der Waals surface area contributed by atoms with Crippen LogP contribution < -0.4 is 0 Å². The fraction of sp³-hybridized carbons (Fsp3) is 0.879. The maximum atomic E-state index is 9.90. The van der Waals surface area contributed by atoms with E-state index in [2.05, 4.69) is 89.5 Å². The molecule has 0 aliphatic carbocycles. The lowest BCUT2D eigenvalue weighted by Gasteiger charge is -2.36. The maximum absolute atomic E-state index is 9.90. The number of nitrogens with zero attached hydrogens (tertiary/aromatic N) is 2. The van der Waals surface area contributed by atoms with Crippen molar-refractivity contribution in [1.82, 2.24) is 9.80 Å². The fourth-order valence-electron chi connectivity index (χ4n) is 10.9. The third-order valence-corrected chi connectivity index (χ3v) is 16.0. The van der Waals surface area contributed by atoms with Gasteiger partial charge in [-0.1, -0.05) is 283 Å². The van der Waals surface area contributed by atoms with Crippen LogP contribution in [0.25, 0.3) is 0 Å². The van der Waals surface area contributed by atoms with Crippen molar-refractivity contribution < 1.29 is 19.8 Å². The normalized spacial score (nSPS) is 13.3. The Morgan fingerprint density at radius 1 is 0.319 bits per heavy atom. The molecule has 72 heavy (non-hydrogen) atoms. The quantitative estimate of drug-likeness (QED) is 0.0633. The second kappa shape index (κ2) is 52.5. The van der Waals surface area contributed by atoms with Crippen molar-refractivity contribution in [2.75, 3.05) is 0 Å². The van der Waals surface area contributed by atoms with E-state index in [1.165, 1.54) is 268 Å². The first-order valence-electron chi connectivity index (χ1n) is 32.0. The van der Waals surface area contributed by atoms with E-state index in [1.54, 1.807) is 0 Å². The van der Waals surface area contributed by atoms with Gasteiger partial charge in [0.05, 0.1) is 0 Å². The van der Waals surface area contributed by atoms with Crippen LogP contribution in [-0.2, 0) is 22.7 Å². The van der Waals surface area contributed by atoms with Gasteiger partial charge in [-0.15, -0.1) is 0 Å². The van der Waals surface area contributed by atoms with Crippen LogP contribution >= 0.6 is 0 Å². The molecule has 0 aliphatic rings. The highest BCUT2D eigenvalue weighted by molar-refractivity contribution is 5.67. The molecule has 0 heterocycles. The Morgan fingerprint density at radius 3 is 0.681 bits per heavy atom. The molecule has 2 N–H and O–H groups in total. The monoisotopic (exact) mass is 1010 g/mol. The molecular formula is C66H126N2O4. The molecule has 0 spiro atoms. The molecule has 1 rings (SSSR count). The summed E-state index contributed by atoms with van der Waals surface area (Å²) in [7, 11) is 0.